The molecule has 0 amide bonds. The van der Waals surface area contributed by atoms with Crippen molar-refractivity contribution in [3.05, 3.63) is 46.7 Å². The maximum absolute atomic E-state index is 11.6. The molecule has 0 saturated carbocycles. The fraction of sp³-hybridized carbons (Fsp3) is 0.476. The number of phenols is 1. The molecule has 0 spiro atoms. The molecular weight excluding hydrogens is 346 g/mol. The van der Waals surface area contributed by atoms with E-state index < -0.39 is 11.5 Å². The Labute approximate surface area is 159 Å². The van der Waals surface area contributed by atoms with E-state index >= 15 is 0 Å². The van der Waals surface area contributed by atoms with Crippen molar-refractivity contribution >= 4 is 5.97 Å². The average Bonchev–Trinajstić information content (AvgIpc) is 2.64. The average molecular weight is 371 g/mol. The number of rotatable bonds is 3. The first-order valence-electron chi connectivity index (χ1n) is 9.17. The lowest BCUT2D eigenvalue weighted by Crippen LogP contribution is -2.54. The number of likely N-dealkylation sites (N-methyl/N-ethyl adjacent to an activating group) is 1. The quantitative estimate of drug-likeness (QED) is 0.650. The number of carbonyl (C=O) groups is 1. The van der Waals surface area contributed by atoms with E-state index in [-0.39, 0.29) is 17.8 Å². The van der Waals surface area contributed by atoms with Gasteiger partial charge < -0.3 is 19.3 Å². The highest BCUT2D eigenvalue weighted by Crippen LogP contribution is 2.56. The molecule has 144 valence electrons. The van der Waals surface area contributed by atoms with Gasteiger partial charge in [-0.1, -0.05) is 6.07 Å². The highest BCUT2D eigenvalue weighted by molar-refractivity contribution is 5.68. The zero-order valence-corrected chi connectivity index (χ0v) is 16.1. The number of hydrogen-bond acceptors (Lipinski definition) is 6. The number of phenolic OH excluding ortho intramolecular Hbond substituents is 1. The molecule has 3 atom stereocenters. The summed E-state index contributed by atoms with van der Waals surface area (Å²) in [5, 5.41) is 11.0. The van der Waals surface area contributed by atoms with Crippen LogP contribution in [0.15, 0.2) is 35.6 Å². The number of methoxy groups -OCH3 is 2. The highest BCUT2D eigenvalue weighted by atomic mass is 16.6. The number of ether oxygens (including phenoxy) is 3. The summed E-state index contributed by atoms with van der Waals surface area (Å²) in [4.78, 5) is 13.9. The van der Waals surface area contributed by atoms with E-state index in [9.17, 15) is 9.90 Å². The van der Waals surface area contributed by atoms with Gasteiger partial charge in [-0.05, 0) is 55.8 Å². The molecule has 1 heterocycles. The third-order valence-corrected chi connectivity index (χ3v) is 6.10. The molecule has 1 N–H and O–H groups in total. The normalized spacial score (nSPS) is 29.0. The van der Waals surface area contributed by atoms with Gasteiger partial charge in [0.15, 0.2) is 17.6 Å². The number of piperidine rings is 1. The van der Waals surface area contributed by atoms with Crippen LogP contribution in [0, 0.1) is 0 Å². The molecule has 2 bridgehead atoms. The Morgan fingerprint density at radius 1 is 1.30 bits per heavy atom. The minimum Gasteiger partial charge on any atom is -0.504 e. The lowest BCUT2D eigenvalue weighted by atomic mass is 9.58. The fourth-order valence-electron chi connectivity index (χ4n) is 4.88. The second kappa shape index (κ2) is 6.30. The van der Waals surface area contributed by atoms with Gasteiger partial charge in [0, 0.05) is 23.9 Å². The standard InChI is InChI=1S/C21H25NO5/c1-12(23)27-17-10-14-15-9-13-5-6-16(25-3)20(24)19(13)21(14,7-8-22(15)2)11-18(17)26-4/h5-6,10-11,15,17,24H,7-9H2,1-4H3/t15-,17+,21?/m1/s1. The minimum atomic E-state index is -0.543. The van der Waals surface area contributed by atoms with Crippen molar-refractivity contribution in [2.24, 2.45) is 0 Å². The van der Waals surface area contributed by atoms with Crippen molar-refractivity contribution < 1.29 is 24.1 Å². The van der Waals surface area contributed by atoms with Gasteiger partial charge in [0.2, 0.25) is 0 Å². The van der Waals surface area contributed by atoms with Crippen LogP contribution in [-0.4, -0.2) is 55.9 Å². The van der Waals surface area contributed by atoms with Crippen LogP contribution in [0.4, 0.5) is 0 Å². The predicted molar refractivity (Wildman–Crippen MR) is 99.8 cm³/mol. The van der Waals surface area contributed by atoms with E-state index in [1.165, 1.54) is 6.92 Å². The number of aromatic hydroxyl groups is 1. The van der Waals surface area contributed by atoms with Gasteiger partial charge in [-0.15, -0.1) is 0 Å². The van der Waals surface area contributed by atoms with E-state index in [1.54, 1.807) is 14.2 Å². The van der Waals surface area contributed by atoms with Gasteiger partial charge >= 0.3 is 5.97 Å². The molecule has 0 aromatic heterocycles. The second-order valence-electron chi connectivity index (χ2n) is 7.48. The number of esters is 1. The molecule has 1 fully saturated rings. The van der Waals surface area contributed by atoms with Crippen LogP contribution in [0.25, 0.3) is 0 Å². The fourth-order valence-corrected chi connectivity index (χ4v) is 4.88. The van der Waals surface area contributed by atoms with E-state index in [0.29, 0.717) is 11.5 Å². The van der Waals surface area contributed by atoms with Crippen molar-refractivity contribution in [3.8, 4) is 11.5 Å². The number of hydrogen-bond donors (Lipinski definition) is 1. The molecule has 4 rings (SSSR count). The Morgan fingerprint density at radius 2 is 2.07 bits per heavy atom. The van der Waals surface area contributed by atoms with Crippen molar-refractivity contribution in [1.82, 2.24) is 4.90 Å². The SMILES string of the molecule is COC1=CC23CCN(C)[C@H](Cc4ccc(OC)c(O)c42)C3=C[C@@H]1OC(C)=O. The van der Waals surface area contributed by atoms with E-state index in [2.05, 4.69) is 11.9 Å². The number of benzene rings is 1. The van der Waals surface area contributed by atoms with Crippen molar-refractivity contribution in [2.75, 3.05) is 27.8 Å². The van der Waals surface area contributed by atoms with Crippen LogP contribution in [0.1, 0.15) is 24.5 Å². The smallest absolute Gasteiger partial charge is 0.303 e. The maximum atomic E-state index is 11.6. The molecule has 1 unspecified atom stereocenters. The molecule has 1 aromatic rings. The van der Waals surface area contributed by atoms with Gasteiger partial charge in [0.25, 0.3) is 0 Å². The lowest BCUT2D eigenvalue weighted by Gasteiger charge is -2.53. The Balaban J connectivity index is 1.96. The molecule has 27 heavy (non-hydrogen) atoms. The minimum absolute atomic E-state index is 0.182. The summed E-state index contributed by atoms with van der Waals surface area (Å²) in [6.07, 6.45) is 5.09. The summed E-state index contributed by atoms with van der Waals surface area (Å²) in [5.74, 6) is 0.887. The molecule has 3 aliphatic rings. The molecule has 1 aromatic carbocycles. The van der Waals surface area contributed by atoms with Gasteiger partial charge in [0.05, 0.1) is 14.2 Å². The van der Waals surface area contributed by atoms with Gasteiger partial charge in [-0.3, -0.25) is 9.69 Å². The number of fused-ring (bicyclic) bond motifs is 1. The Kier molecular flexibility index (Phi) is 4.18. The molecule has 1 saturated heterocycles. The molecular formula is C21H25NO5. The first-order valence-corrected chi connectivity index (χ1v) is 9.17. The number of likely N-dealkylation sites (tertiary alicyclic amines) is 1. The van der Waals surface area contributed by atoms with Crippen LogP contribution in [0.3, 0.4) is 0 Å². The first-order chi connectivity index (χ1) is 12.9. The van der Waals surface area contributed by atoms with Crippen LogP contribution < -0.4 is 4.74 Å². The largest absolute Gasteiger partial charge is 0.504 e. The van der Waals surface area contributed by atoms with Crippen LogP contribution in [0.2, 0.25) is 0 Å². The van der Waals surface area contributed by atoms with E-state index in [0.717, 1.165) is 36.1 Å². The highest BCUT2D eigenvalue weighted by Gasteiger charge is 2.52. The summed E-state index contributed by atoms with van der Waals surface area (Å²) in [6.45, 7) is 2.29. The predicted octanol–water partition coefficient (Wildman–Crippen LogP) is 2.30. The summed E-state index contributed by atoms with van der Waals surface area (Å²) in [7, 11) is 5.25. The summed E-state index contributed by atoms with van der Waals surface area (Å²) in [5.41, 5.74) is 2.66. The van der Waals surface area contributed by atoms with Gasteiger partial charge in [-0.2, -0.15) is 0 Å². The topological polar surface area (TPSA) is 68.2 Å². The number of allylic oxidation sites excluding steroid dienone is 1. The Morgan fingerprint density at radius 3 is 2.74 bits per heavy atom. The monoisotopic (exact) mass is 371 g/mol. The number of carbonyl (C=O) groups excluding carboxylic acids is 1. The van der Waals surface area contributed by atoms with E-state index in [1.807, 2.05) is 24.3 Å². The van der Waals surface area contributed by atoms with Gasteiger partial charge in [0.1, 0.15) is 5.76 Å². The van der Waals surface area contributed by atoms with Crippen LogP contribution in [-0.2, 0) is 26.1 Å². The maximum Gasteiger partial charge on any atom is 0.303 e. The van der Waals surface area contributed by atoms with Gasteiger partial charge in [-0.25, -0.2) is 0 Å². The zero-order chi connectivity index (χ0) is 19.3. The zero-order valence-electron chi connectivity index (χ0n) is 16.1. The summed E-state index contributed by atoms with van der Waals surface area (Å²) < 4.78 is 16.5. The second-order valence-corrected chi connectivity index (χ2v) is 7.48. The Hall–Kier alpha value is -2.47. The summed E-state index contributed by atoms with van der Waals surface area (Å²) >= 11 is 0. The number of nitrogens with zero attached hydrogens (tertiary/aromatic N) is 1. The molecule has 0 radical (unpaired) electrons. The van der Waals surface area contributed by atoms with Crippen molar-refractivity contribution in [2.45, 2.75) is 37.3 Å². The van der Waals surface area contributed by atoms with Crippen molar-refractivity contribution in [3.63, 3.8) is 0 Å². The van der Waals surface area contributed by atoms with Crippen molar-refractivity contribution in [1.29, 1.82) is 0 Å². The lowest BCUT2D eigenvalue weighted by molar-refractivity contribution is -0.144. The molecule has 2 aliphatic carbocycles. The molecule has 6 heteroatoms. The molecule has 1 aliphatic heterocycles. The third-order valence-electron chi connectivity index (χ3n) is 6.10. The van der Waals surface area contributed by atoms with Crippen LogP contribution in [0.5, 0.6) is 11.5 Å². The molecule has 6 nitrogen and oxygen atoms in total. The Bertz CT molecular complexity index is 858. The van der Waals surface area contributed by atoms with Crippen LogP contribution >= 0.6 is 0 Å². The summed E-state index contributed by atoms with van der Waals surface area (Å²) in [6, 6.07) is 4.05. The third kappa shape index (κ3) is 2.54. The first kappa shape index (κ1) is 17.9. The van der Waals surface area contributed by atoms with E-state index in [4.69, 9.17) is 14.2 Å².